The third-order valence-corrected chi connectivity index (χ3v) is 4.55. The number of thiophene rings is 1. The van der Waals surface area contributed by atoms with Gasteiger partial charge in [-0.3, -0.25) is 9.71 Å². The zero-order valence-corrected chi connectivity index (χ0v) is 10.3. The number of rotatable bonds is 4. The highest BCUT2D eigenvalue weighted by molar-refractivity contribution is 7.93. The summed E-state index contributed by atoms with van der Waals surface area (Å²) in [4.78, 5) is 4.34. The molecular formula is C10H10N2O3S2. The Morgan fingerprint density at radius 1 is 1.41 bits per heavy atom. The van der Waals surface area contributed by atoms with E-state index in [2.05, 4.69) is 9.71 Å². The largest absolute Gasteiger partial charge is 0.391 e. The van der Waals surface area contributed by atoms with Crippen molar-refractivity contribution in [2.24, 2.45) is 0 Å². The van der Waals surface area contributed by atoms with Crippen LogP contribution in [0.15, 0.2) is 40.9 Å². The van der Waals surface area contributed by atoms with Gasteiger partial charge in [0.05, 0.1) is 23.4 Å². The van der Waals surface area contributed by atoms with Gasteiger partial charge in [-0.25, -0.2) is 8.42 Å². The van der Waals surface area contributed by atoms with Gasteiger partial charge in [0.2, 0.25) is 0 Å². The number of sulfonamides is 1. The Balaban J connectivity index is 2.32. The normalized spacial score (nSPS) is 11.4. The van der Waals surface area contributed by atoms with Gasteiger partial charge in [0.15, 0.2) is 0 Å². The van der Waals surface area contributed by atoms with Gasteiger partial charge in [0.25, 0.3) is 10.0 Å². The summed E-state index contributed by atoms with van der Waals surface area (Å²) in [6.07, 6.45) is 2.98. The van der Waals surface area contributed by atoms with Gasteiger partial charge < -0.3 is 5.11 Å². The average molecular weight is 270 g/mol. The third-order valence-electron chi connectivity index (χ3n) is 2.05. The van der Waals surface area contributed by atoms with Gasteiger partial charge in [0.1, 0.15) is 4.90 Å². The van der Waals surface area contributed by atoms with E-state index in [9.17, 15) is 8.42 Å². The highest BCUT2D eigenvalue weighted by Crippen LogP contribution is 2.23. The molecule has 0 bridgehead atoms. The fourth-order valence-electron chi connectivity index (χ4n) is 1.32. The lowest BCUT2D eigenvalue weighted by Crippen LogP contribution is -2.13. The van der Waals surface area contributed by atoms with Crippen LogP contribution in [0.4, 0.5) is 5.69 Å². The monoisotopic (exact) mass is 270 g/mol. The molecule has 0 aliphatic heterocycles. The number of anilines is 1. The van der Waals surface area contributed by atoms with Crippen LogP contribution in [0.1, 0.15) is 4.88 Å². The van der Waals surface area contributed by atoms with Crippen molar-refractivity contribution in [3.05, 3.63) is 40.8 Å². The van der Waals surface area contributed by atoms with Crippen molar-refractivity contribution in [2.45, 2.75) is 11.5 Å². The number of pyridine rings is 1. The number of nitrogens with one attached hydrogen (secondary N) is 1. The van der Waals surface area contributed by atoms with Crippen molar-refractivity contribution in [1.82, 2.24) is 4.98 Å². The number of aliphatic hydroxyl groups excluding tert-OH is 1. The van der Waals surface area contributed by atoms with Crippen LogP contribution < -0.4 is 4.72 Å². The molecule has 0 aliphatic carbocycles. The van der Waals surface area contributed by atoms with Crippen LogP contribution in [0.3, 0.4) is 0 Å². The molecule has 90 valence electrons. The lowest BCUT2D eigenvalue weighted by Gasteiger charge is -2.07. The Morgan fingerprint density at radius 3 is 2.88 bits per heavy atom. The van der Waals surface area contributed by atoms with Gasteiger partial charge in [-0.15, -0.1) is 11.3 Å². The van der Waals surface area contributed by atoms with Crippen molar-refractivity contribution in [1.29, 1.82) is 0 Å². The summed E-state index contributed by atoms with van der Waals surface area (Å²) in [5.41, 5.74) is 0.391. The number of hydrogen-bond donors (Lipinski definition) is 2. The number of nitrogens with zero attached hydrogens (tertiary/aromatic N) is 1. The predicted octanol–water partition coefficient (Wildman–Crippen LogP) is 1.44. The minimum atomic E-state index is -3.65. The lowest BCUT2D eigenvalue weighted by molar-refractivity contribution is 0.282. The minimum absolute atomic E-state index is 0.105. The second-order valence-corrected chi connectivity index (χ2v) is 5.86. The van der Waals surface area contributed by atoms with E-state index in [-0.39, 0.29) is 11.5 Å². The topological polar surface area (TPSA) is 79.3 Å². The Bertz CT molecular complexity index is 593. The van der Waals surface area contributed by atoms with Crippen LogP contribution in [0.5, 0.6) is 0 Å². The molecule has 7 heteroatoms. The molecule has 0 saturated carbocycles. The molecular weight excluding hydrogens is 260 g/mol. The summed E-state index contributed by atoms with van der Waals surface area (Å²) in [7, 11) is -3.65. The quantitative estimate of drug-likeness (QED) is 0.881. The summed E-state index contributed by atoms with van der Waals surface area (Å²) in [6, 6.07) is 4.71. The van der Waals surface area contributed by atoms with E-state index in [1.807, 2.05) is 0 Å². The molecule has 2 rings (SSSR count). The maximum atomic E-state index is 12.0. The first kappa shape index (κ1) is 12.0. The summed E-state index contributed by atoms with van der Waals surface area (Å²) in [5.74, 6) is 0. The molecule has 2 heterocycles. The average Bonchev–Trinajstić information content (AvgIpc) is 2.78. The lowest BCUT2D eigenvalue weighted by atomic mass is 10.4. The molecule has 0 unspecified atom stereocenters. The van der Waals surface area contributed by atoms with E-state index in [4.69, 9.17) is 5.11 Å². The maximum absolute atomic E-state index is 12.0. The van der Waals surface area contributed by atoms with Crippen molar-refractivity contribution in [3.8, 4) is 0 Å². The molecule has 2 aromatic rings. The molecule has 0 fully saturated rings. The molecule has 0 aromatic carbocycles. The predicted molar refractivity (Wildman–Crippen MR) is 65.3 cm³/mol. The standard InChI is InChI=1S/C10H10N2O3S2/c13-7-9-10(3-5-16-9)17(14,15)12-8-2-1-4-11-6-8/h1-6,12-13H,7H2. The van der Waals surface area contributed by atoms with Gasteiger partial charge in [0, 0.05) is 6.20 Å². The minimum Gasteiger partial charge on any atom is -0.391 e. The SMILES string of the molecule is O=S(=O)(Nc1cccnc1)c1ccsc1CO. The van der Waals surface area contributed by atoms with E-state index >= 15 is 0 Å². The summed E-state index contributed by atoms with van der Waals surface area (Å²) >= 11 is 1.20. The summed E-state index contributed by atoms with van der Waals surface area (Å²) < 4.78 is 26.4. The van der Waals surface area contributed by atoms with E-state index in [1.165, 1.54) is 23.6 Å². The summed E-state index contributed by atoms with van der Waals surface area (Å²) in [6.45, 7) is -0.291. The van der Waals surface area contributed by atoms with Crippen molar-refractivity contribution in [3.63, 3.8) is 0 Å². The third kappa shape index (κ3) is 2.63. The first-order valence-corrected chi connectivity index (χ1v) is 7.10. The second-order valence-electron chi connectivity index (χ2n) is 3.21. The van der Waals surface area contributed by atoms with Crippen LogP contribution in [-0.2, 0) is 16.6 Å². The zero-order valence-electron chi connectivity index (χ0n) is 8.70. The first-order chi connectivity index (χ1) is 8.13. The van der Waals surface area contributed by atoms with Crippen molar-refractivity contribution >= 4 is 27.0 Å². The Labute approximate surface area is 103 Å². The number of hydrogen-bond acceptors (Lipinski definition) is 5. The second kappa shape index (κ2) is 4.82. The van der Waals surface area contributed by atoms with E-state index in [0.29, 0.717) is 10.6 Å². The number of aromatic nitrogens is 1. The molecule has 0 amide bonds. The van der Waals surface area contributed by atoms with Crippen molar-refractivity contribution < 1.29 is 13.5 Å². The van der Waals surface area contributed by atoms with Gasteiger partial charge in [-0.05, 0) is 23.6 Å². The van der Waals surface area contributed by atoms with Crippen LogP contribution in [-0.4, -0.2) is 18.5 Å². The van der Waals surface area contributed by atoms with Crippen LogP contribution >= 0.6 is 11.3 Å². The molecule has 0 aliphatic rings. The van der Waals surface area contributed by atoms with Crippen LogP contribution in [0.25, 0.3) is 0 Å². The highest BCUT2D eigenvalue weighted by Gasteiger charge is 2.19. The molecule has 0 saturated heterocycles. The molecule has 17 heavy (non-hydrogen) atoms. The Hall–Kier alpha value is -1.44. The fourth-order valence-corrected chi connectivity index (χ4v) is 3.66. The molecule has 2 aromatic heterocycles. The molecule has 0 atom stereocenters. The maximum Gasteiger partial charge on any atom is 0.263 e. The van der Waals surface area contributed by atoms with Gasteiger partial charge >= 0.3 is 0 Å². The number of aliphatic hydroxyl groups is 1. The van der Waals surface area contributed by atoms with Crippen LogP contribution in [0, 0.1) is 0 Å². The van der Waals surface area contributed by atoms with E-state index in [1.54, 1.807) is 23.7 Å². The van der Waals surface area contributed by atoms with Gasteiger partial charge in [-0.2, -0.15) is 0 Å². The Morgan fingerprint density at radius 2 is 2.24 bits per heavy atom. The molecule has 0 spiro atoms. The molecule has 5 nitrogen and oxygen atoms in total. The summed E-state index contributed by atoms with van der Waals surface area (Å²) in [5, 5.41) is 10.7. The Kier molecular flexibility index (Phi) is 3.41. The van der Waals surface area contributed by atoms with E-state index in [0.717, 1.165) is 0 Å². The highest BCUT2D eigenvalue weighted by atomic mass is 32.2. The fraction of sp³-hybridized carbons (Fsp3) is 0.100. The first-order valence-electron chi connectivity index (χ1n) is 4.73. The zero-order chi connectivity index (χ0) is 12.3. The molecule has 2 N–H and O–H groups in total. The smallest absolute Gasteiger partial charge is 0.263 e. The van der Waals surface area contributed by atoms with Gasteiger partial charge in [-0.1, -0.05) is 0 Å². The molecule has 0 radical (unpaired) electrons. The van der Waals surface area contributed by atoms with Crippen molar-refractivity contribution in [2.75, 3.05) is 4.72 Å². The van der Waals surface area contributed by atoms with Crippen LogP contribution in [0.2, 0.25) is 0 Å². The van der Waals surface area contributed by atoms with E-state index < -0.39 is 10.0 Å².